The number of rotatable bonds is 8. The van der Waals surface area contributed by atoms with Crippen LogP contribution in [-0.4, -0.2) is 0 Å². The standard InChI is InChI=1S/C9H19.3CH3.Re/c1-3-5-7-9-8-6-4-2;;;;/h1,3-9H2,2H3;3*1H3;. The van der Waals surface area contributed by atoms with Crippen LogP contribution in [0.3, 0.4) is 0 Å². The summed E-state index contributed by atoms with van der Waals surface area (Å²) < 4.78 is 0. The summed E-state index contributed by atoms with van der Waals surface area (Å²) in [6.07, 6.45) is 10.3. The molecule has 0 rings (SSSR count). The summed E-state index contributed by atoms with van der Waals surface area (Å²) in [5, 5.41) is 7.62. The van der Waals surface area contributed by atoms with Crippen LogP contribution in [0.2, 0.25) is 21.1 Å². The average Bonchev–Trinajstić information content (AvgIpc) is 2.01. The molecule has 0 unspecified atom stereocenters. The second kappa shape index (κ2) is 8.01. The maximum atomic E-state index is 2.54. The van der Waals surface area contributed by atoms with Crippen LogP contribution in [0, 0.1) is 0 Å². The van der Waals surface area contributed by atoms with Gasteiger partial charge >= 0.3 is 88.5 Å². The first-order chi connectivity index (χ1) is 6.06. The Kier molecular flexibility index (Phi) is 8.42. The molecular formula is C12H28Re. The van der Waals surface area contributed by atoms with E-state index in [1.54, 1.807) is 4.89 Å². The molecule has 0 saturated carbocycles. The Labute approximate surface area is 88.5 Å². The number of hydrogen-bond donors (Lipinski definition) is 0. The molecule has 1 heteroatoms. The van der Waals surface area contributed by atoms with Gasteiger partial charge in [-0.2, -0.15) is 0 Å². The van der Waals surface area contributed by atoms with Gasteiger partial charge < -0.3 is 0 Å². The Hall–Kier alpha value is 0.662. The molecule has 0 atom stereocenters. The van der Waals surface area contributed by atoms with Crippen molar-refractivity contribution in [3.63, 3.8) is 0 Å². The van der Waals surface area contributed by atoms with E-state index in [0.717, 1.165) is 0 Å². The van der Waals surface area contributed by atoms with E-state index in [2.05, 4.69) is 23.1 Å². The van der Waals surface area contributed by atoms with Crippen LogP contribution < -0.4 is 0 Å². The summed E-state index contributed by atoms with van der Waals surface area (Å²) in [7, 11) is 0. The van der Waals surface area contributed by atoms with Gasteiger partial charge in [-0.25, -0.2) is 0 Å². The molecule has 0 N–H and O–H groups in total. The zero-order chi connectivity index (χ0) is 10.2. The molecule has 0 amide bonds. The van der Waals surface area contributed by atoms with Gasteiger partial charge in [-0.1, -0.05) is 0 Å². The number of hydrogen-bond acceptors (Lipinski definition) is 0. The van der Waals surface area contributed by atoms with Crippen LogP contribution in [0.25, 0.3) is 0 Å². The molecule has 0 aliphatic heterocycles. The van der Waals surface area contributed by atoms with Gasteiger partial charge in [0.25, 0.3) is 0 Å². The first-order valence-corrected chi connectivity index (χ1v) is 15.7. The summed E-state index contributed by atoms with van der Waals surface area (Å²) in [6, 6.07) is 0. The first kappa shape index (κ1) is 13.7. The van der Waals surface area contributed by atoms with Crippen molar-refractivity contribution < 1.29 is 15.5 Å². The van der Waals surface area contributed by atoms with Gasteiger partial charge in [0.1, 0.15) is 0 Å². The SMILES string of the molecule is CCCCCCCC[CH2][Re]([CH3])([CH3])[CH3]. The fourth-order valence-corrected chi connectivity index (χ4v) is 5.01. The molecule has 0 aliphatic carbocycles. The van der Waals surface area contributed by atoms with Crippen molar-refractivity contribution in [3.05, 3.63) is 0 Å². The van der Waals surface area contributed by atoms with Crippen molar-refractivity contribution in [1.82, 2.24) is 0 Å². The van der Waals surface area contributed by atoms with Gasteiger partial charge in [0.05, 0.1) is 0 Å². The van der Waals surface area contributed by atoms with Crippen LogP contribution in [0.5, 0.6) is 0 Å². The van der Waals surface area contributed by atoms with Crippen molar-refractivity contribution in [2.24, 2.45) is 0 Å². The predicted octanol–water partition coefficient (Wildman–Crippen LogP) is 5.45. The third-order valence-electron chi connectivity index (χ3n) is 2.30. The summed E-state index contributed by atoms with van der Waals surface area (Å²) in [4.78, 5) is 1.59. The molecule has 0 heterocycles. The summed E-state index contributed by atoms with van der Waals surface area (Å²) in [5.74, 6) is 0. The molecule has 0 aromatic heterocycles. The third kappa shape index (κ3) is 12.7. The van der Waals surface area contributed by atoms with Gasteiger partial charge in [-0.15, -0.1) is 0 Å². The van der Waals surface area contributed by atoms with E-state index in [-0.39, 0.29) is 0 Å². The predicted molar refractivity (Wildman–Crippen MR) is 60.4 cm³/mol. The Morgan fingerprint density at radius 2 is 1.15 bits per heavy atom. The summed E-state index contributed by atoms with van der Waals surface area (Å²) in [6.45, 7) is 2.29. The minimum atomic E-state index is -1.31. The molecule has 0 fully saturated rings. The van der Waals surface area contributed by atoms with Crippen LogP contribution in [0.15, 0.2) is 0 Å². The zero-order valence-corrected chi connectivity index (χ0v) is 12.8. The Morgan fingerprint density at radius 3 is 1.62 bits per heavy atom. The van der Waals surface area contributed by atoms with Crippen LogP contribution in [-0.2, 0) is 15.5 Å². The summed E-state index contributed by atoms with van der Waals surface area (Å²) in [5.41, 5.74) is 0. The monoisotopic (exact) mass is 359 g/mol. The third-order valence-corrected chi connectivity index (χ3v) is 7.34. The summed E-state index contributed by atoms with van der Waals surface area (Å²) >= 11 is -1.31. The molecular weight excluding hydrogens is 330 g/mol. The van der Waals surface area contributed by atoms with Crippen molar-refractivity contribution in [2.75, 3.05) is 0 Å². The molecule has 0 aromatic carbocycles. The zero-order valence-electron chi connectivity index (χ0n) is 10.0. The molecule has 0 nitrogen and oxygen atoms in total. The fourth-order valence-electron chi connectivity index (χ4n) is 1.45. The van der Waals surface area contributed by atoms with E-state index < -0.39 is 15.5 Å². The molecule has 0 radical (unpaired) electrons. The van der Waals surface area contributed by atoms with Gasteiger partial charge in [0.2, 0.25) is 0 Å². The van der Waals surface area contributed by atoms with Gasteiger partial charge in [0, 0.05) is 0 Å². The van der Waals surface area contributed by atoms with Crippen molar-refractivity contribution in [2.45, 2.75) is 73.0 Å². The molecule has 0 aliphatic rings. The molecule has 13 heavy (non-hydrogen) atoms. The van der Waals surface area contributed by atoms with Crippen LogP contribution in [0.1, 0.15) is 51.9 Å². The van der Waals surface area contributed by atoms with Gasteiger partial charge in [-0.3, -0.25) is 0 Å². The molecule has 0 aromatic rings. The Bertz CT molecular complexity index is 102. The molecule has 0 saturated heterocycles. The maximum absolute atomic E-state index is 2.54. The number of unbranched alkanes of at least 4 members (excludes halogenated alkanes) is 6. The van der Waals surface area contributed by atoms with Crippen molar-refractivity contribution >= 4 is 0 Å². The molecule has 0 spiro atoms. The second-order valence-corrected chi connectivity index (χ2v) is 20.0. The topological polar surface area (TPSA) is 0 Å². The van der Waals surface area contributed by atoms with Crippen LogP contribution >= 0.6 is 0 Å². The molecule has 83 valence electrons. The Morgan fingerprint density at radius 1 is 0.692 bits per heavy atom. The van der Waals surface area contributed by atoms with E-state index in [1.165, 1.54) is 44.9 Å². The average molecular weight is 359 g/mol. The normalized spacial score (nSPS) is 13.2. The van der Waals surface area contributed by atoms with E-state index in [9.17, 15) is 0 Å². The quantitative estimate of drug-likeness (QED) is 0.506. The van der Waals surface area contributed by atoms with Crippen molar-refractivity contribution in [1.29, 1.82) is 0 Å². The van der Waals surface area contributed by atoms with Crippen LogP contribution in [0.4, 0.5) is 0 Å². The minimum absolute atomic E-state index is 1.31. The van der Waals surface area contributed by atoms with Crippen molar-refractivity contribution in [3.8, 4) is 0 Å². The van der Waals surface area contributed by atoms with Gasteiger partial charge in [-0.05, 0) is 0 Å². The second-order valence-electron chi connectivity index (χ2n) is 4.75. The van der Waals surface area contributed by atoms with E-state index >= 15 is 0 Å². The fraction of sp³-hybridized carbons (Fsp3) is 1.00. The van der Waals surface area contributed by atoms with E-state index in [0.29, 0.717) is 0 Å². The first-order valence-electron chi connectivity index (χ1n) is 5.61. The van der Waals surface area contributed by atoms with E-state index in [1.807, 2.05) is 0 Å². The molecule has 0 bridgehead atoms. The van der Waals surface area contributed by atoms with Gasteiger partial charge in [0.15, 0.2) is 0 Å². The Balaban J connectivity index is 3.00. The van der Waals surface area contributed by atoms with E-state index in [4.69, 9.17) is 0 Å².